The standard InChI is InChI=1S/C21H21N7O3/c1-12-22-5-3-15(24-12)21-26-17(11-31-21)20(30)25-16-8-18-13(9-23-27(18)2)7-19(16)28-6-4-14(29)10-28/h3,5,7-9,11,14,29H,4,6,10H2,1-2H3,(H,25,30)/t14-/m0/s1. The van der Waals surface area contributed by atoms with E-state index >= 15 is 0 Å². The molecule has 1 aliphatic heterocycles. The van der Waals surface area contributed by atoms with E-state index in [-0.39, 0.29) is 17.7 Å². The van der Waals surface area contributed by atoms with Crippen LogP contribution in [-0.4, -0.2) is 54.9 Å². The van der Waals surface area contributed by atoms with Crippen LogP contribution in [0.25, 0.3) is 22.5 Å². The molecular weight excluding hydrogens is 398 g/mol. The number of hydrogen-bond acceptors (Lipinski definition) is 8. The maximum absolute atomic E-state index is 13.0. The lowest BCUT2D eigenvalue weighted by Gasteiger charge is -2.22. The van der Waals surface area contributed by atoms with Crippen molar-refractivity contribution in [3.63, 3.8) is 0 Å². The minimum atomic E-state index is -0.400. The Bertz CT molecular complexity index is 1280. The lowest BCUT2D eigenvalue weighted by atomic mass is 10.1. The highest BCUT2D eigenvalue weighted by atomic mass is 16.3. The summed E-state index contributed by atoms with van der Waals surface area (Å²) >= 11 is 0. The molecule has 1 amide bonds. The summed E-state index contributed by atoms with van der Waals surface area (Å²) in [4.78, 5) is 27.6. The number of carbonyl (C=O) groups is 1. The average Bonchev–Trinajstić information content (AvgIpc) is 3.48. The first-order valence-electron chi connectivity index (χ1n) is 9.93. The Morgan fingerprint density at radius 2 is 2.19 bits per heavy atom. The van der Waals surface area contributed by atoms with Gasteiger partial charge in [-0.1, -0.05) is 0 Å². The summed E-state index contributed by atoms with van der Waals surface area (Å²) in [6, 6.07) is 5.54. The Kier molecular flexibility index (Phi) is 4.63. The van der Waals surface area contributed by atoms with Crippen molar-refractivity contribution in [1.82, 2.24) is 24.7 Å². The maximum atomic E-state index is 13.0. The van der Waals surface area contributed by atoms with Gasteiger partial charge in [0.15, 0.2) is 5.69 Å². The van der Waals surface area contributed by atoms with Crippen LogP contribution in [0.1, 0.15) is 22.7 Å². The lowest BCUT2D eigenvalue weighted by molar-refractivity contribution is 0.102. The summed E-state index contributed by atoms with van der Waals surface area (Å²) in [5, 5.41) is 18.2. The topological polar surface area (TPSA) is 122 Å². The van der Waals surface area contributed by atoms with Crippen LogP contribution in [0.4, 0.5) is 11.4 Å². The number of carbonyl (C=O) groups excluding carboxylic acids is 1. The van der Waals surface area contributed by atoms with Gasteiger partial charge < -0.3 is 19.7 Å². The third kappa shape index (κ3) is 3.61. The van der Waals surface area contributed by atoms with Crippen LogP contribution < -0.4 is 10.2 Å². The van der Waals surface area contributed by atoms with Gasteiger partial charge in [-0.2, -0.15) is 5.10 Å². The van der Waals surface area contributed by atoms with Crippen molar-refractivity contribution in [2.45, 2.75) is 19.4 Å². The fourth-order valence-corrected chi connectivity index (χ4v) is 3.77. The van der Waals surface area contributed by atoms with Crippen LogP contribution in [0.3, 0.4) is 0 Å². The molecular formula is C21H21N7O3. The molecule has 1 aromatic carbocycles. The van der Waals surface area contributed by atoms with Crippen molar-refractivity contribution >= 4 is 28.2 Å². The highest BCUT2D eigenvalue weighted by Gasteiger charge is 2.25. The monoisotopic (exact) mass is 419 g/mol. The van der Waals surface area contributed by atoms with Crippen LogP contribution in [0.2, 0.25) is 0 Å². The Hall–Kier alpha value is -3.79. The Morgan fingerprint density at radius 1 is 1.32 bits per heavy atom. The van der Waals surface area contributed by atoms with Crippen LogP contribution in [-0.2, 0) is 7.05 Å². The van der Waals surface area contributed by atoms with Crippen molar-refractivity contribution in [2.75, 3.05) is 23.3 Å². The molecule has 5 rings (SSSR count). The van der Waals surface area contributed by atoms with Gasteiger partial charge >= 0.3 is 0 Å². The first-order valence-corrected chi connectivity index (χ1v) is 9.93. The smallest absolute Gasteiger partial charge is 0.277 e. The molecule has 0 spiro atoms. The summed E-state index contributed by atoms with van der Waals surface area (Å²) < 4.78 is 7.22. The Labute approximate surface area is 177 Å². The number of nitrogens with zero attached hydrogens (tertiary/aromatic N) is 6. The van der Waals surface area contributed by atoms with E-state index in [4.69, 9.17) is 4.42 Å². The van der Waals surface area contributed by atoms with E-state index in [0.29, 0.717) is 36.7 Å². The number of aliphatic hydroxyl groups is 1. The lowest BCUT2D eigenvalue weighted by Crippen LogP contribution is -2.23. The zero-order valence-corrected chi connectivity index (χ0v) is 17.1. The molecule has 158 valence electrons. The van der Waals surface area contributed by atoms with E-state index < -0.39 is 5.91 Å². The molecule has 10 nitrogen and oxygen atoms in total. The van der Waals surface area contributed by atoms with Crippen molar-refractivity contribution in [3.8, 4) is 11.6 Å². The van der Waals surface area contributed by atoms with Crippen molar-refractivity contribution < 1.29 is 14.3 Å². The summed E-state index contributed by atoms with van der Waals surface area (Å²) in [5.41, 5.74) is 2.99. The fourth-order valence-electron chi connectivity index (χ4n) is 3.77. The molecule has 1 saturated heterocycles. The zero-order valence-electron chi connectivity index (χ0n) is 17.1. The van der Waals surface area contributed by atoms with Crippen LogP contribution in [0.15, 0.2) is 41.3 Å². The normalized spacial score (nSPS) is 16.2. The molecule has 1 fully saturated rings. The van der Waals surface area contributed by atoms with E-state index in [1.165, 1.54) is 6.26 Å². The van der Waals surface area contributed by atoms with Crippen molar-refractivity contribution in [1.29, 1.82) is 0 Å². The molecule has 1 atom stereocenters. The molecule has 0 unspecified atom stereocenters. The molecule has 4 aromatic rings. The number of aliphatic hydroxyl groups excluding tert-OH is 1. The number of hydrogen-bond donors (Lipinski definition) is 2. The van der Waals surface area contributed by atoms with Crippen LogP contribution >= 0.6 is 0 Å². The third-order valence-electron chi connectivity index (χ3n) is 5.35. The maximum Gasteiger partial charge on any atom is 0.277 e. The van der Waals surface area contributed by atoms with Gasteiger partial charge in [0.1, 0.15) is 17.8 Å². The minimum absolute atomic E-state index is 0.142. The second-order valence-electron chi connectivity index (χ2n) is 7.57. The quantitative estimate of drug-likeness (QED) is 0.516. The highest BCUT2D eigenvalue weighted by Crippen LogP contribution is 2.34. The first kappa shape index (κ1) is 19.2. The SMILES string of the molecule is Cc1nccc(-c2nc(C(=O)Nc3cc4c(cnn4C)cc3N3CC[C@H](O)C3)co2)n1. The summed E-state index contributed by atoms with van der Waals surface area (Å²) in [5.74, 6) is 0.438. The number of oxazole rings is 1. The van der Waals surface area contributed by atoms with Crippen molar-refractivity contribution in [2.24, 2.45) is 7.05 Å². The molecule has 0 bridgehead atoms. The largest absolute Gasteiger partial charge is 0.442 e. The highest BCUT2D eigenvalue weighted by molar-refractivity contribution is 6.06. The van der Waals surface area contributed by atoms with Gasteiger partial charge in [0.2, 0.25) is 5.89 Å². The first-order chi connectivity index (χ1) is 15.0. The van der Waals surface area contributed by atoms with Gasteiger partial charge in [0.05, 0.1) is 29.2 Å². The van der Waals surface area contributed by atoms with Crippen LogP contribution in [0.5, 0.6) is 0 Å². The molecule has 0 aliphatic carbocycles. The number of amides is 1. The number of β-amino-alcohol motifs (C(OH)–C–C–N with tert-alkyl or cyclic N) is 1. The van der Waals surface area contributed by atoms with E-state index in [2.05, 4.69) is 30.3 Å². The van der Waals surface area contributed by atoms with Crippen molar-refractivity contribution in [3.05, 3.63) is 48.4 Å². The predicted molar refractivity (Wildman–Crippen MR) is 114 cm³/mol. The van der Waals surface area contributed by atoms with Gasteiger partial charge in [-0.25, -0.2) is 15.0 Å². The van der Waals surface area contributed by atoms with E-state index in [9.17, 15) is 9.90 Å². The van der Waals surface area contributed by atoms with E-state index in [1.807, 2.05) is 19.2 Å². The molecule has 0 saturated carbocycles. The van der Waals surface area contributed by atoms with Gasteiger partial charge in [0.25, 0.3) is 5.91 Å². The zero-order chi connectivity index (χ0) is 21.5. The molecule has 0 radical (unpaired) electrons. The minimum Gasteiger partial charge on any atom is -0.442 e. The number of rotatable bonds is 4. The van der Waals surface area contributed by atoms with Gasteiger partial charge in [-0.05, 0) is 31.5 Å². The summed E-state index contributed by atoms with van der Waals surface area (Å²) in [6.45, 7) is 2.98. The number of aryl methyl sites for hydroxylation is 2. The number of fused-ring (bicyclic) bond motifs is 1. The molecule has 3 aromatic heterocycles. The predicted octanol–water partition coefficient (Wildman–Crippen LogP) is 2.15. The van der Waals surface area contributed by atoms with Gasteiger partial charge in [0, 0.05) is 31.7 Å². The second kappa shape index (κ2) is 7.47. The van der Waals surface area contributed by atoms with E-state index in [0.717, 1.165) is 16.6 Å². The Balaban J connectivity index is 1.47. The molecule has 31 heavy (non-hydrogen) atoms. The second-order valence-corrected chi connectivity index (χ2v) is 7.57. The van der Waals surface area contributed by atoms with Gasteiger partial charge in [-0.15, -0.1) is 0 Å². The number of anilines is 2. The molecule has 1 aliphatic rings. The average molecular weight is 419 g/mol. The summed E-state index contributed by atoms with van der Waals surface area (Å²) in [6.07, 6.45) is 5.00. The molecule has 10 heteroatoms. The van der Waals surface area contributed by atoms with Gasteiger partial charge in [-0.3, -0.25) is 9.48 Å². The number of aromatic nitrogens is 5. The number of benzene rings is 1. The summed E-state index contributed by atoms with van der Waals surface area (Å²) in [7, 11) is 1.85. The fraction of sp³-hybridized carbons (Fsp3) is 0.286. The molecule has 2 N–H and O–H groups in total. The van der Waals surface area contributed by atoms with Crippen LogP contribution in [0, 0.1) is 6.92 Å². The molecule has 4 heterocycles. The third-order valence-corrected chi connectivity index (χ3v) is 5.35. The van der Waals surface area contributed by atoms with E-state index in [1.54, 1.807) is 30.1 Å². The number of nitrogens with one attached hydrogen (secondary N) is 1. The Morgan fingerprint density at radius 3 is 2.97 bits per heavy atom.